The number of imide groups is 1. The molecule has 0 aliphatic heterocycles. The summed E-state index contributed by atoms with van der Waals surface area (Å²) in [5.41, 5.74) is -1.35. The van der Waals surface area contributed by atoms with Crippen molar-refractivity contribution in [2.75, 3.05) is 0 Å². The number of unbranched alkanes of at least 4 members (excludes halogenated alkanes) is 6. The molecule has 0 bridgehead atoms. The van der Waals surface area contributed by atoms with Gasteiger partial charge in [-0.15, -0.1) is 0 Å². The molecule has 0 aromatic carbocycles. The number of ether oxygens (including phenoxy) is 2. The van der Waals surface area contributed by atoms with E-state index in [-0.39, 0.29) is 0 Å². The van der Waals surface area contributed by atoms with Gasteiger partial charge in [-0.3, -0.25) is 0 Å². The molecule has 1 unspecified atom stereocenters. The van der Waals surface area contributed by atoms with E-state index in [0.29, 0.717) is 6.42 Å². The SMILES string of the molecule is CCCCCCCCCC(Br)N(C(=O)OC(C)(C)C)C(=O)OC(C)(C)C. The van der Waals surface area contributed by atoms with E-state index >= 15 is 0 Å². The molecule has 0 rings (SSSR count). The van der Waals surface area contributed by atoms with Gasteiger partial charge in [-0.2, -0.15) is 4.90 Å². The molecule has 0 radical (unpaired) electrons. The van der Waals surface area contributed by atoms with Crippen LogP contribution in [-0.4, -0.2) is 33.2 Å². The summed E-state index contributed by atoms with van der Waals surface area (Å²) >= 11 is 3.48. The zero-order valence-corrected chi connectivity index (χ0v) is 19.3. The Kier molecular flexibility index (Phi) is 11.5. The van der Waals surface area contributed by atoms with Gasteiger partial charge in [-0.1, -0.05) is 67.8 Å². The molecule has 0 saturated carbocycles. The highest BCUT2D eigenvalue weighted by Gasteiger charge is 2.35. The lowest BCUT2D eigenvalue weighted by molar-refractivity contribution is -0.000856. The first-order valence-electron chi connectivity index (χ1n) is 9.76. The summed E-state index contributed by atoms with van der Waals surface area (Å²) in [5, 5.41) is 0. The number of amides is 2. The molecular weight excluding hydrogens is 398 g/mol. The summed E-state index contributed by atoms with van der Waals surface area (Å²) in [6.07, 6.45) is 7.54. The molecule has 0 heterocycles. The molecule has 0 aliphatic rings. The van der Waals surface area contributed by atoms with Gasteiger partial charge < -0.3 is 9.47 Å². The summed E-state index contributed by atoms with van der Waals surface area (Å²) in [7, 11) is 0. The Hall–Kier alpha value is -0.780. The van der Waals surface area contributed by atoms with E-state index in [9.17, 15) is 9.59 Å². The number of carbonyl (C=O) groups is 2. The van der Waals surface area contributed by atoms with Crippen molar-refractivity contribution in [3.8, 4) is 0 Å². The second-order valence-electron chi connectivity index (χ2n) is 8.68. The molecule has 0 aliphatic carbocycles. The summed E-state index contributed by atoms with van der Waals surface area (Å²) in [5.74, 6) is 0. The Morgan fingerprint density at radius 1 is 0.808 bits per heavy atom. The van der Waals surface area contributed by atoms with Crippen molar-refractivity contribution >= 4 is 28.1 Å². The molecule has 0 aromatic rings. The highest BCUT2D eigenvalue weighted by Crippen LogP contribution is 2.23. The molecule has 154 valence electrons. The van der Waals surface area contributed by atoms with E-state index in [4.69, 9.17) is 9.47 Å². The second-order valence-corrected chi connectivity index (χ2v) is 9.73. The second kappa shape index (κ2) is 11.8. The minimum absolute atomic E-state index is 0.442. The first kappa shape index (κ1) is 25.2. The zero-order chi connectivity index (χ0) is 20.4. The van der Waals surface area contributed by atoms with Gasteiger partial charge in [0.1, 0.15) is 16.2 Å². The fourth-order valence-corrected chi connectivity index (χ4v) is 2.98. The molecule has 2 amide bonds. The molecule has 6 heteroatoms. The minimum atomic E-state index is -0.684. The lowest BCUT2D eigenvalue weighted by Crippen LogP contribution is -2.47. The van der Waals surface area contributed by atoms with Crippen LogP contribution in [0.3, 0.4) is 0 Å². The smallest absolute Gasteiger partial charge is 0.420 e. The third kappa shape index (κ3) is 12.6. The molecular formula is C20H38BrNO4. The van der Waals surface area contributed by atoms with Crippen LogP contribution in [0.25, 0.3) is 0 Å². The average molecular weight is 436 g/mol. The molecule has 0 aromatic heterocycles. The molecule has 1 atom stereocenters. The molecule has 5 nitrogen and oxygen atoms in total. The van der Waals surface area contributed by atoms with Gasteiger partial charge in [0, 0.05) is 0 Å². The number of halogens is 1. The normalized spacial score (nSPS) is 13.2. The van der Waals surface area contributed by atoms with Crippen molar-refractivity contribution in [3.63, 3.8) is 0 Å². The van der Waals surface area contributed by atoms with Crippen LogP contribution in [0.1, 0.15) is 99.8 Å². The van der Waals surface area contributed by atoms with E-state index in [1.807, 2.05) is 0 Å². The first-order valence-corrected chi connectivity index (χ1v) is 10.7. The Bertz CT molecular complexity index is 399. The highest BCUT2D eigenvalue weighted by molar-refractivity contribution is 9.09. The maximum absolute atomic E-state index is 12.5. The number of carbonyl (C=O) groups excluding carboxylic acids is 2. The maximum Gasteiger partial charge on any atom is 0.420 e. The van der Waals surface area contributed by atoms with Gasteiger partial charge in [-0.25, -0.2) is 9.59 Å². The minimum Gasteiger partial charge on any atom is -0.443 e. The topological polar surface area (TPSA) is 55.8 Å². The third-order valence-electron chi connectivity index (χ3n) is 3.51. The zero-order valence-electron chi connectivity index (χ0n) is 17.7. The van der Waals surface area contributed by atoms with Crippen LogP contribution >= 0.6 is 15.9 Å². The van der Waals surface area contributed by atoms with Crippen LogP contribution < -0.4 is 0 Å². The molecule has 0 fully saturated rings. The fraction of sp³-hybridized carbons (Fsp3) is 0.900. The standard InChI is InChI=1S/C20H38BrNO4/c1-8-9-10-11-12-13-14-15-16(21)22(17(23)25-19(2,3)4)18(24)26-20(5,6)7/h16H,8-15H2,1-7H3. The Balaban J connectivity index is 4.72. The van der Waals surface area contributed by atoms with Crippen molar-refractivity contribution in [2.24, 2.45) is 0 Å². The van der Waals surface area contributed by atoms with Crippen molar-refractivity contribution in [3.05, 3.63) is 0 Å². The Morgan fingerprint density at radius 2 is 1.19 bits per heavy atom. The monoisotopic (exact) mass is 435 g/mol. The highest BCUT2D eigenvalue weighted by atomic mass is 79.9. The largest absolute Gasteiger partial charge is 0.443 e. The molecule has 0 saturated heterocycles. The van der Waals surface area contributed by atoms with Gasteiger partial charge >= 0.3 is 12.2 Å². The van der Waals surface area contributed by atoms with Crippen LogP contribution in [0.2, 0.25) is 0 Å². The summed E-state index contributed by atoms with van der Waals surface area (Å²) in [6.45, 7) is 12.9. The maximum atomic E-state index is 12.5. The van der Waals surface area contributed by atoms with Crippen LogP contribution in [0.5, 0.6) is 0 Å². The van der Waals surface area contributed by atoms with Crippen LogP contribution in [0.4, 0.5) is 9.59 Å². The molecule has 26 heavy (non-hydrogen) atoms. The number of hydrogen-bond donors (Lipinski definition) is 0. The van der Waals surface area contributed by atoms with Crippen molar-refractivity contribution in [2.45, 2.75) is 116 Å². The lowest BCUT2D eigenvalue weighted by atomic mass is 10.1. The number of alkyl halides is 1. The van der Waals surface area contributed by atoms with Crippen LogP contribution in [0, 0.1) is 0 Å². The van der Waals surface area contributed by atoms with Crippen molar-refractivity contribution in [1.29, 1.82) is 0 Å². The van der Waals surface area contributed by atoms with Gasteiger partial charge in [-0.05, 0) is 48.0 Å². The van der Waals surface area contributed by atoms with E-state index < -0.39 is 28.3 Å². The van der Waals surface area contributed by atoms with E-state index in [1.165, 1.54) is 32.1 Å². The average Bonchev–Trinajstić information content (AvgIpc) is 2.42. The molecule has 0 N–H and O–H groups in total. The quantitative estimate of drug-likeness (QED) is 0.221. The van der Waals surface area contributed by atoms with Crippen LogP contribution in [-0.2, 0) is 9.47 Å². The number of nitrogens with zero attached hydrogens (tertiary/aromatic N) is 1. The van der Waals surface area contributed by atoms with Gasteiger partial charge in [0.15, 0.2) is 0 Å². The Morgan fingerprint density at radius 3 is 1.58 bits per heavy atom. The van der Waals surface area contributed by atoms with Gasteiger partial charge in [0.2, 0.25) is 0 Å². The first-order chi connectivity index (χ1) is 11.9. The van der Waals surface area contributed by atoms with Gasteiger partial charge in [0.25, 0.3) is 0 Å². The van der Waals surface area contributed by atoms with Crippen molar-refractivity contribution in [1.82, 2.24) is 4.90 Å². The van der Waals surface area contributed by atoms with Gasteiger partial charge in [0.05, 0.1) is 0 Å². The van der Waals surface area contributed by atoms with E-state index in [0.717, 1.165) is 17.7 Å². The Labute approximate surface area is 168 Å². The fourth-order valence-electron chi connectivity index (χ4n) is 2.32. The van der Waals surface area contributed by atoms with E-state index in [1.54, 1.807) is 41.5 Å². The van der Waals surface area contributed by atoms with Crippen molar-refractivity contribution < 1.29 is 19.1 Å². The predicted octanol–water partition coefficient (Wildman–Crippen LogP) is 7.02. The summed E-state index contributed by atoms with van der Waals surface area (Å²) in [4.78, 5) is 25.6. The summed E-state index contributed by atoms with van der Waals surface area (Å²) in [6, 6.07) is 0. The number of rotatable bonds is 9. The molecule has 0 spiro atoms. The predicted molar refractivity (Wildman–Crippen MR) is 110 cm³/mol. The van der Waals surface area contributed by atoms with E-state index in [2.05, 4.69) is 22.9 Å². The lowest BCUT2D eigenvalue weighted by Gasteiger charge is -2.31. The third-order valence-corrected chi connectivity index (χ3v) is 4.37. The number of hydrogen-bond acceptors (Lipinski definition) is 4. The van der Waals surface area contributed by atoms with Crippen LogP contribution in [0.15, 0.2) is 0 Å². The summed E-state index contributed by atoms with van der Waals surface area (Å²) < 4.78 is 10.8.